The molecule has 0 radical (unpaired) electrons. The number of Topliss-reactive ketones (excluding diaryl/α,β-unsaturated/α-hetero) is 1. The molecule has 0 spiro atoms. The van der Waals surface area contributed by atoms with Gasteiger partial charge in [-0.15, -0.1) is 22.7 Å². The highest BCUT2D eigenvalue weighted by Crippen LogP contribution is 2.21. The number of carbonyl (C=O) groups is 2. The third-order valence-electron chi connectivity index (χ3n) is 4.19. The fourth-order valence-electron chi connectivity index (χ4n) is 2.88. The quantitative estimate of drug-likeness (QED) is 0.466. The first kappa shape index (κ1) is 18.5. The number of hydrogen-bond acceptors (Lipinski definition) is 6. The first-order valence-corrected chi connectivity index (χ1v) is 9.90. The van der Waals surface area contributed by atoms with Crippen LogP contribution in [-0.4, -0.2) is 27.9 Å². The molecule has 0 saturated heterocycles. The molecule has 0 fully saturated rings. The molecule has 0 aliphatic rings. The Kier molecular flexibility index (Phi) is 5.38. The van der Waals surface area contributed by atoms with Gasteiger partial charge in [-0.25, -0.2) is 9.78 Å². The maximum atomic E-state index is 12.6. The predicted octanol–water partition coefficient (Wildman–Crippen LogP) is 4.33. The van der Waals surface area contributed by atoms with E-state index in [0.717, 1.165) is 22.9 Å². The summed E-state index contributed by atoms with van der Waals surface area (Å²) in [6.07, 6.45) is 0. The highest BCUT2D eigenvalue weighted by molar-refractivity contribution is 7.13. The lowest BCUT2D eigenvalue weighted by atomic mass is 10.1. The molecule has 3 aromatic heterocycles. The molecule has 0 aliphatic heterocycles. The number of rotatable bonds is 6. The van der Waals surface area contributed by atoms with Gasteiger partial charge in [0, 0.05) is 21.8 Å². The van der Waals surface area contributed by atoms with Gasteiger partial charge in [-0.05, 0) is 45.2 Å². The highest BCUT2D eigenvalue weighted by Gasteiger charge is 2.20. The fraction of sp³-hybridized carbons (Fsp3) is 0.316. The molecule has 26 heavy (non-hydrogen) atoms. The molecule has 0 atom stereocenters. The SMILES string of the molecule is Cc1nc(C)c(C(=O)OCC(=O)c2cc(C)n(Cc3cccs3)c2C)s1. The third kappa shape index (κ3) is 3.78. The lowest BCUT2D eigenvalue weighted by Crippen LogP contribution is -2.15. The Labute approximate surface area is 160 Å². The number of ether oxygens (including phenoxy) is 1. The summed E-state index contributed by atoms with van der Waals surface area (Å²) in [4.78, 5) is 30.6. The van der Waals surface area contributed by atoms with Gasteiger partial charge in [0.25, 0.3) is 0 Å². The number of hydrogen-bond donors (Lipinski definition) is 0. The van der Waals surface area contributed by atoms with E-state index in [-0.39, 0.29) is 12.4 Å². The van der Waals surface area contributed by atoms with Gasteiger partial charge < -0.3 is 9.30 Å². The number of nitrogens with zero attached hydrogens (tertiary/aromatic N) is 2. The third-order valence-corrected chi connectivity index (χ3v) is 6.11. The number of thiazole rings is 1. The zero-order chi connectivity index (χ0) is 18.8. The van der Waals surface area contributed by atoms with Crippen LogP contribution in [0.25, 0.3) is 0 Å². The van der Waals surface area contributed by atoms with E-state index in [9.17, 15) is 9.59 Å². The van der Waals surface area contributed by atoms with Crippen molar-refractivity contribution in [1.29, 1.82) is 0 Å². The van der Waals surface area contributed by atoms with Crippen molar-refractivity contribution in [3.05, 3.63) is 61.0 Å². The van der Waals surface area contributed by atoms with Gasteiger partial charge in [-0.2, -0.15) is 0 Å². The lowest BCUT2D eigenvalue weighted by molar-refractivity contribution is 0.0478. The summed E-state index contributed by atoms with van der Waals surface area (Å²) in [5.74, 6) is -0.684. The Hall–Kier alpha value is -2.25. The normalized spacial score (nSPS) is 10.9. The van der Waals surface area contributed by atoms with Gasteiger partial charge in [0.15, 0.2) is 6.61 Å². The molecule has 0 unspecified atom stereocenters. The fourth-order valence-corrected chi connectivity index (χ4v) is 4.39. The Balaban J connectivity index is 1.70. The molecule has 5 nitrogen and oxygen atoms in total. The number of aryl methyl sites for hydroxylation is 3. The number of thiophene rings is 1. The van der Waals surface area contributed by atoms with Crippen molar-refractivity contribution in [3.8, 4) is 0 Å². The maximum Gasteiger partial charge on any atom is 0.350 e. The highest BCUT2D eigenvalue weighted by atomic mass is 32.1. The van der Waals surface area contributed by atoms with Crippen molar-refractivity contribution in [2.75, 3.05) is 6.61 Å². The molecule has 0 saturated carbocycles. The van der Waals surface area contributed by atoms with Crippen LogP contribution in [0.4, 0.5) is 0 Å². The monoisotopic (exact) mass is 388 g/mol. The van der Waals surface area contributed by atoms with E-state index >= 15 is 0 Å². The summed E-state index contributed by atoms with van der Waals surface area (Å²) in [7, 11) is 0. The number of ketones is 1. The van der Waals surface area contributed by atoms with Gasteiger partial charge in [0.05, 0.1) is 17.2 Å². The Morgan fingerprint density at radius 2 is 2.00 bits per heavy atom. The molecule has 0 bridgehead atoms. The van der Waals surface area contributed by atoms with E-state index in [1.165, 1.54) is 16.2 Å². The number of carbonyl (C=O) groups excluding carboxylic acids is 2. The topological polar surface area (TPSA) is 61.2 Å². The van der Waals surface area contributed by atoms with E-state index in [1.54, 1.807) is 18.3 Å². The van der Waals surface area contributed by atoms with E-state index in [0.29, 0.717) is 16.1 Å². The molecule has 0 N–H and O–H groups in total. The van der Waals surface area contributed by atoms with E-state index in [4.69, 9.17) is 4.74 Å². The van der Waals surface area contributed by atoms with Crippen molar-refractivity contribution < 1.29 is 14.3 Å². The van der Waals surface area contributed by atoms with Crippen LogP contribution in [0.2, 0.25) is 0 Å². The Morgan fingerprint density at radius 1 is 1.23 bits per heavy atom. The zero-order valence-corrected chi connectivity index (χ0v) is 16.8. The number of aromatic nitrogens is 2. The zero-order valence-electron chi connectivity index (χ0n) is 15.2. The van der Waals surface area contributed by atoms with Crippen LogP contribution in [0, 0.1) is 27.7 Å². The summed E-state index contributed by atoms with van der Waals surface area (Å²) in [6, 6.07) is 5.95. The molecule has 3 aromatic rings. The molecular weight excluding hydrogens is 368 g/mol. The minimum absolute atomic E-state index is 0.192. The minimum atomic E-state index is -0.492. The second-order valence-corrected chi connectivity index (χ2v) is 8.33. The summed E-state index contributed by atoms with van der Waals surface area (Å²) in [5.41, 5.74) is 3.14. The average molecular weight is 389 g/mol. The van der Waals surface area contributed by atoms with E-state index < -0.39 is 5.97 Å². The molecular formula is C19H20N2O3S2. The first-order chi connectivity index (χ1) is 12.4. The van der Waals surface area contributed by atoms with Gasteiger partial charge in [-0.1, -0.05) is 6.07 Å². The molecule has 0 aromatic carbocycles. The van der Waals surface area contributed by atoms with Crippen LogP contribution in [0.1, 0.15) is 47.0 Å². The molecule has 0 aliphatic carbocycles. The van der Waals surface area contributed by atoms with Crippen molar-refractivity contribution in [3.63, 3.8) is 0 Å². The lowest BCUT2D eigenvalue weighted by Gasteiger charge is -2.08. The largest absolute Gasteiger partial charge is 0.453 e. The Morgan fingerprint density at radius 3 is 2.62 bits per heavy atom. The van der Waals surface area contributed by atoms with Crippen molar-refractivity contribution >= 4 is 34.4 Å². The molecule has 3 rings (SSSR count). The predicted molar refractivity (Wildman–Crippen MR) is 104 cm³/mol. The maximum absolute atomic E-state index is 12.6. The van der Waals surface area contributed by atoms with Crippen LogP contribution in [0.15, 0.2) is 23.6 Å². The van der Waals surface area contributed by atoms with Crippen LogP contribution in [-0.2, 0) is 11.3 Å². The van der Waals surface area contributed by atoms with Crippen LogP contribution >= 0.6 is 22.7 Å². The van der Waals surface area contributed by atoms with Gasteiger partial charge >= 0.3 is 5.97 Å². The van der Waals surface area contributed by atoms with Gasteiger partial charge in [0.2, 0.25) is 5.78 Å². The summed E-state index contributed by atoms with van der Waals surface area (Å²) in [6.45, 7) is 7.97. The van der Waals surface area contributed by atoms with E-state index in [1.807, 2.05) is 38.3 Å². The first-order valence-electron chi connectivity index (χ1n) is 8.20. The minimum Gasteiger partial charge on any atom is -0.453 e. The van der Waals surface area contributed by atoms with Crippen LogP contribution in [0.3, 0.4) is 0 Å². The van der Waals surface area contributed by atoms with Gasteiger partial charge in [0.1, 0.15) is 4.88 Å². The summed E-state index contributed by atoms with van der Waals surface area (Å²) < 4.78 is 7.33. The van der Waals surface area contributed by atoms with E-state index in [2.05, 4.69) is 15.6 Å². The van der Waals surface area contributed by atoms with Crippen LogP contribution < -0.4 is 0 Å². The Bertz CT molecular complexity index is 952. The van der Waals surface area contributed by atoms with Crippen molar-refractivity contribution in [2.45, 2.75) is 34.2 Å². The molecule has 7 heteroatoms. The standard InChI is InChI=1S/C19H20N2O3S2/c1-11-8-16(13(3)21(11)9-15-6-5-7-25-15)17(22)10-24-19(23)18-12(2)20-14(4)26-18/h5-8H,9-10H2,1-4H3. The second kappa shape index (κ2) is 7.55. The molecule has 3 heterocycles. The van der Waals surface area contributed by atoms with Crippen LogP contribution in [0.5, 0.6) is 0 Å². The van der Waals surface area contributed by atoms with Crippen molar-refractivity contribution in [2.24, 2.45) is 0 Å². The van der Waals surface area contributed by atoms with Crippen molar-refractivity contribution in [1.82, 2.24) is 9.55 Å². The second-order valence-electron chi connectivity index (χ2n) is 6.10. The smallest absolute Gasteiger partial charge is 0.350 e. The summed E-state index contributed by atoms with van der Waals surface area (Å²) >= 11 is 2.97. The molecule has 136 valence electrons. The van der Waals surface area contributed by atoms with Gasteiger partial charge in [-0.3, -0.25) is 4.79 Å². The average Bonchev–Trinajstić information content (AvgIpc) is 3.29. The number of esters is 1. The summed E-state index contributed by atoms with van der Waals surface area (Å²) in [5, 5.41) is 2.84. The molecule has 0 amide bonds.